The van der Waals surface area contributed by atoms with Crippen molar-refractivity contribution < 1.29 is 14.4 Å². The molecule has 0 spiro atoms. The Kier molecular flexibility index (Phi) is 2.48. The third kappa shape index (κ3) is 1.87. The van der Waals surface area contributed by atoms with Gasteiger partial charge < -0.3 is 9.63 Å². The molecule has 5 heteroatoms. The van der Waals surface area contributed by atoms with E-state index in [2.05, 4.69) is 19.0 Å². The third-order valence-corrected chi connectivity index (χ3v) is 3.05. The summed E-state index contributed by atoms with van der Waals surface area (Å²) in [4.78, 5) is 11.7. The Morgan fingerprint density at radius 1 is 1.67 bits per heavy atom. The molecular weight excluding hydrogens is 214 g/mol. The molecule has 0 radical (unpaired) electrons. The van der Waals surface area contributed by atoms with Crippen molar-refractivity contribution in [2.45, 2.75) is 20.3 Å². The van der Waals surface area contributed by atoms with Gasteiger partial charge in [0.05, 0.1) is 11.1 Å². The molecule has 0 aliphatic heterocycles. The van der Waals surface area contributed by atoms with Crippen LogP contribution in [0.4, 0.5) is 0 Å². The van der Waals surface area contributed by atoms with Gasteiger partial charge in [-0.3, -0.25) is 0 Å². The Morgan fingerprint density at radius 2 is 2.40 bits per heavy atom. The molecule has 0 amide bonds. The van der Waals surface area contributed by atoms with Gasteiger partial charge in [-0.25, -0.2) is 4.79 Å². The highest BCUT2D eigenvalue weighted by molar-refractivity contribution is 7.20. The van der Waals surface area contributed by atoms with Crippen LogP contribution < -0.4 is 0 Å². The van der Waals surface area contributed by atoms with E-state index >= 15 is 0 Å². The second kappa shape index (κ2) is 3.66. The molecule has 0 aromatic carbocycles. The predicted octanol–water partition coefficient (Wildman–Crippen LogP) is 2.79. The van der Waals surface area contributed by atoms with Crippen molar-refractivity contribution in [2.24, 2.45) is 5.92 Å². The van der Waals surface area contributed by atoms with Crippen LogP contribution >= 0.6 is 11.3 Å². The molecule has 0 saturated carbocycles. The monoisotopic (exact) mass is 225 g/mol. The van der Waals surface area contributed by atoms with Gasteiger partial charge in [0.25, 0.3) is 0 Å². The summed E-state index contributed by atoms with van der Waals surface area (Å²) in [6, 6.07) is 1.64. The maximum Gasteiger partial charge on any atom is 0.346 e. The van der Waals surface area contributed by atoms with Crippen LogP contribution in [0.25, 0.3) is 10.3 Å². The molecule has 0 saturated heterocycles. The Bertz CT molecular complexity index is 498. The zero-order chi connectivity index (χ0) is 11.0. The van der Waals surface area contributed by atoms with Crippen molar-refractivity contribution >= 4 is 27.6 Å². The molecule has 0 fully saturated rings. The van der Waals surface area contributed by atoms with Gasteiger partial charge in [-0.15, -0.1) is 0 Å². The van der Waals surface area contributed by atoms with E-state index in [1.165, 1.54) is 0 Å². The van der Waals surface area contributed by atoms with Crippen molar-refractivity contribution in [1.82, 2.24) is 5.16 Å². The first kappa shape index (κ1) is 10.2. The summed E-state index contributed by atoms with van der Waals surface area (Å²) in [5.74, 6) is -0.437. The zero-order valence-corrected chi connectivity index (χ0v) is 9.30. The van der Waals surface area contributed by atoms with E-state index in [4.69, 9.17) is 9.63 Å². The molecule has 0 bridgehead atoms. The van der Waals surface area contributed by atoms with Crippen molar-refractivity contribution in [2.75, 3.05) is 0 Å². The van der Waals surface area contributed by atoms with Gasteiger partial charge in [0.2, 0.25) is 4.90 Å². The molecule has 4 nitrogen and oxygen atoms in total. The predicted molar refractivity (Wildman–Crippen MR) is 57.4 cm³/mol. The molecule has 0 aliphatic rings. The average molecular weight is 225 g/mol. The maximum absolute atomic E-state index is 10.8. The number of thiophene rings is 1. The lowest BCUT2D eigenvalue weighted by Crippen LogP contribution is -1.94. The van der Waals surface area contributed by atoms with Crippen LogP contribution in [0.1, 0.15) is 29.2 Å². The van der Waals surface area contributed by atoms with E-state index in [0.717, 1.165) is 28.8 Å². The molecule has 2 aromatic rings. The van der Waals surface area contributed by atoms with Crippen molar-refractivity contribution in [3.63, 3.8) is 0 Å². The normalized spacial score (nSPS) is 11.4. The van der Waals surface area contributed by atoms with Crippen LogP contribution in [0, 0.1) is 5.92 Å². The average Bonchev–Trinajstić information content (AvgIpc) is 2.66. The first-order valence-electron chi connectivity index (χ1n) is 4.69. The lowest BCUT2D eigenvalue weighted by Gasteiger charge is -1.98. The van der Waals surface area contributed by atoms with Crippen LogP contribution in [-0.4, -0.2) is 16.2 Å². The van der Waals surface area contributed by atoms with Gasteiger partial charge >= 0.3 is 5.97 Å². The van der Waals surface area contributed by atoms with Gasteiger partial charge in [-0.05, 0) is 18.4 Å². The number of rotatable bonds is 3. The third-order valence-electron chi connectivity index (χ3n) is 2.06. The number of nitrogens with zero attached hydrogens (tertiary/aromatic N) is 1. The number of aromatic nitrogens is 1. The van der Waals surface area contributed by atoms with Gasteiger partial charge in [0.1, 0.15) is 4.88 Å². The molecule has 2 rings (SSSR count). The first-order chi connectivity index (χ1) is 7.08. The highest BCUT2D eigenvalue weighted by atomic mass is 32.1. The van der Waals surface area contributed by atoms with E-state index in [1.54, 1.807) is 6.07 Å². The second-order valence-corrected chi connectivity index (χ2v) is 4.86. The number of hydrogen-bond donors (Lipinski definition) is 1. The molecule has 0 atom stereocenters. The summed E-state index contributed by atoms with van der Waals surface area (Å²) in [7, 11) is 0. The molecule has 2 aromatic heterocycles. The van der Waals surface area contributed by atoms with E-state index in [9.17, 15) is 4.79 Å². The van der Waals surface area contributed by atoms with E-state index in [-0.39, 0.29) is 0 Å². The molecule has 15 heavy (non-hydrogen) atoms. The van der Waals surface area contributed by atoms with E-state index in [1.807, 2.05) is 0 Å². The van der Waals surface area contributed by atoms with Crippen LogP contribution in [0.3, 0.4) is 0 Å². The fourth-order valence-electron chi connectivity index (χ4n) is 1.43. The van der Waals surface area contributed by atoms with Crippen molar-refractivity contribution in [3.05, 3.63) is 16.6 Å². The summed E-state index contributed by atoms with van der Waals surface area (Å²) in [6.07, 6.45) is 0.808. The minimum absolute atomic E-state index is 0.302. The van der Waals surface area contributed by atoms with Gasteiger partial charge in [0, 0.05) is 0 Å². The number of hydrogen-bond acceptors (Lipinski definition) is 4. The fraction of sp³-hybridized carbons (Fsp3) is 0.400. The zero-order valence-electron chi connectivity index (χ0n) is 8.48. The minimum Gasteiger partial charge on any atom is -0.477 e. The van der Waals surface area contributed by atoms with Gasteiger partial charge in [-0.2, -0.15) is 0 Å². The first-order valence-corrected chi connectivity index (χ1v) is 5.51. The van der Waals surface area contributed by atoms with Crippen LogP contribution in [-0.2, 0) is 6.42 Å². The van der Waals surface area contributed by atoms with Crippen LogP contribution in [0.2, 0.25) is 0 Å². The lowest BCUT2D eigenvalue weighted by molar-refractivity contribution is 0.0702. The molecule has 2 heterocycles. The molecule has 1 N–H and O–H groups in total. The van der Waals surface area contributed by atoms with Crippen LogP contribution in [0.15, 0.2) is 10.6 Å². The highest BCUT2D eigenvalue weighted by Crippen LogP contribution is 2.29. The Labute approximate surface area is 90.5 Å². The number of carbonyl (C=O) groups is 1. The molecular formula is C10H11NO3S. The largest absolute Gasteiger partial charge is 0.477 e. The van der Waals surface area contributed by atoms with Crippen molar-refractivity contribution in [3.8, 4) is 0 Å². The van der Waals surface area contributed by atoms with E-state index in [0.29, 0.717) is 15.7 Å². The lowest BCUT2D eigenvalue weighted by atomic mass is 10.1. The maximum atomic E-state index is 10.8. The smallest absolute Gasteiger partial charge is 0.346 e. The standard InChI is InChI=1S/C10H11NO3S/c1-5(2)3-7-6-4-8(9(12)13)15-10(6)14-11-7/h4-5H,3H2,1-2H3,(H,12,13). The number of carboxylic acids is 1. The van der Waals surface area contributed by atoms with Crippen LogP contribution in [0.5, 0.6) is 0 Å². The number of carboxylic acid groups (broad SMARTS) is 1. The summed E-state index contributed by atoms with van der Waals surface area (Å²) >= 11 is 1.12. The van der Waals surface area contributed by atoms with Crippen molar-refractivity contribution in [1.29, 1.82) is 0 Å². The molecule has 0 unspecified atom stereocenters. The van der Waals surface area contributed by atoms with Gasteiger partial charge in [0.15, 0.2) is 0 Å². The highest BCUT2D eigenvalue weighted by Gasteiger charge is 2.16. The Balaban J connectivity index is 2.44. The molecule has 80 valence electrons. The topological polar surface area (TPSA) is 63.3 Å². The number of aromatic carboxylic acids is 1. The summed E-state index contributed by atoms with van der Waals surface area (Å²) in [5.41, 5.74) is 0.851. The Morgan fingerprint density at radius 3 is 3.00 bits per heavy atom. The summed E-state index contributed by atoms with van der Waals surface area (Å²) in [6.45, 7) is 4.18. The summed E-state index contributed by atoms with van der Waals surface area (Å²) in [5, 5.41) is 13.6. The second-order valence-electron chi connectivity index (χ2n) is 3.84. The SMILES string of the molecule is CC(C)Cc1noc2sc(C(=O)O)cc12. The number of fused-ring (bicyclic) bond motifs is 1. The van der Waals surface area contributed by atoms with E-state index < -0.39 is 5.97 Å². The fourth-order valence-corrected chi connectivity index (χ4v) is 2.25. The molecule has 0 aliphatic carbocycles. The van der Waals surface area contributed by atoms with Gasteiger partial charge in [-0.1, -0.05) is 30.3 Å². The summed E-state index contributed by atoms with van der Waals surface area (Å²) < 4.78 is 5.09. The Hall–Kier alpha value is -1.36. The minimum atomic E-state index is -0.915. The quantitative estimate of drug-likeness (QED) is 0.872.